The van der Waals surface area contributed by atoms with Crippen molar-refractivity contribution in [1.29, 1.82) is 0 Å². The van der Waals surface area contributed by atoms with Crippen LogP contribution >= 0.6 is 23.2 Å². The lowest BCUT2D eigenvalue weighted by Crippen LogP contribution is -2.52. The molecule has 0 radical (unpaired) electrons. The fourth-order valence-electron chi connectivity index (χ4n) is 3.47. The maximum atomic E-state index is 13.0. The molecule has 1 aliphatic heterocycles. The van der Waals surface area contributed by atoms with Gasteiger partial charge < -0.3 is 25.8 Å². The van der Waals surface area contributed by atoms with E-state index in [0.717, 1.165) is 0 Å². The Balaban J connectivity index is 1.43. The third kappa shape index (κ3) is 6.80. The van der Waals surface area contributed by atoms with Crippen LogP contribution in [0, 0.1) is 5.82 Å². The summed E-state index contributed by atoms with van der Waals surface area (Å²) in [4.78, 5) is 24.4. The lowest BCUT2D eigenvalue weighted by molar-refractivity contribution is -0.0886. The average molecular weight is 484 g/mol. The molecule has 3 atom stereocenters. The first-order valence-corrected chi connectivity index (χ1v) is 10.9. The first kappa shape index (κ1) is 24.3. The van der Waals surface area contributed by atoms with E-state index in [4.69, 9.17) is 27.9 Å². The van der Waals surface area contributed by atoms with Crippen LogP contribution in [0.15, 0.2) is 42.5 Å². The van der Waals surface area contributed by atoms with Gasteiger partial charge in [-0.1, -0.05) is 23.2 Å². The lowest BCUT2D eigenvalue weighted by atomic mass is 9.97. The van der Waals surface area contributed by atoms with Crippen LogP contribution in [0.5, 0.6) is 0 Å². The van der Waals surface area contributed by atoms with Crippen LogP contribution in [0.4, 0.5) is 14.9 Å². The van der Waals surface area contributed by atoms with Crippen molar-refractivity contribution in [2.75, 3.05) is 18.5 Å². The van der Waals surface area contributed by atoms with Gasteiger partial charge in [-0.15, -0.1) is 0 Å². The van der Waals surface area contributed by atoms with E-state index in [1.807, 2.05) is 0 Å². The van der Waals surface area contributed by atoms with E-state index in [-0.39, 0.29) is 24.7 Å². The highest BCUT2D eigenvalue weighted by Gasteiger charge is 2.31. The number of anilines is 1. The maximum absolute atomic E-state index is 13.0. The molecule has 2 aromatic rings. The highest BCUT2D eigenvalue weighted by Crippen LogP contribution is 2.25. The predicted molar refractivity (Wildman–Crippen MR) is 121 cm³/mol. The van der Waals surface area contributed by atoms with E-state index in [1.165, 1.54) is 24.3 Å². The van der Waals surface area contributed by atoms with Gasteiger partial charge in [-0.25, -0.2) is 9.18 Å². The SMILES string of the molecule is O=C(Nc1ccc(Cl)c(Cl)c1)N[C@@H]1CC[C@@H](CCNC(=O)c2ccc(F)cc2)O[C@H]1CO. The predicted octanol–water partition coefficient (Wildman–Crippen LogP) is 3.98. The summed E-state index contributed by atoms with van der Waals surface area (Å²) in [5, 5.41) is 18.7. The van der Waals surface area contributed by atoms with Crippen molar-refractivity contribution < 1.29 is 23.8 Å². The summed E-state index contributed by atoms with van der Waals surface area (Å²) in [6.45, 7) is 0.116. The van der Waals surface area contributed by atoms with Crippen LogP contribution < -0.4 is 16.0 Å². The molecule has 10 heteroatoms. The molecule has 32 heavy (non-hydrogen) atoms. The Labute approximate surface area is 195 Å². The number of nitrogens with one attached hydrogen (secondary N) is 3. The van der Waals surface area contributed by atoms with E-state index in [2.05, 4.69) is 16.0 Å². The number of carbonyl (C=O) groups excluding carboxylic acids is 2. The summed E-state index contributed by atoms with van der Waals surface area (Å²) in [7, 11) is 0. The van der Waals surface area contributed by atoms with Crippen LogP contribution in [-0.4, -0.2) is 48.4 Å². The number of aliphatic hydroxyl groups excluding tert-OH is 1. The Morgan fingerprint density at radius 1 is 1.09 bits per heavy atom. The van der Waals surface area contributed by atoms with Crippen LogP contribution in [0.25, 0.3) is 0 Å². The largest absolute Gasteiger partial charge is 0.394 e. The molecule has 0 bridgehead atoms. The van der Waals surface area contributed by atoms with Crippen molar-refractivity contribution in [2.24, 2.45) is 0 Å². The van der Waals surface area contributed by atoms with Crippen molar-refractivity contribution in [3.05, 3.63) is 63.9 Å². The van der Waals surface area contributed by atoms with Crippen molar-refractivity contribution in [3.63, 3.8) is 0 Å². The number of amides is 3. The van der Waals surface area contributed by atoms with Crippen LogP contribution in [-0.2, 0) is 4.74 Å². The number of rotatable bonds is 7. The Kier molecular flexibility index (Phi) is 8.69. The fourth-order valence-corrected chi connectivity index (χ4v) is 3.77. The first-order chi connectivity index (χ1) is 15.4. The number of urea groups is 1. The third-order valence-electron chi connectivity index (χ3n) is 5.15. The van der Waals surface area contributed by atoms with E-state index in [1.54, 1.807) is 18.2 Å². The number of benzene rings is 2. The fraction of sp³-hybridized carbons (Fsp3) is 0.364. The summed E-state index contributed by atoms with van der Waals surface area (Å²) in [5.41, 5.74) is 0.866. The zero-order chi connectivity index (χ0) is 23.1. The molecule has 4 N–H and O–H groups in total. The topological polar surface area (TPSA) is 99.7 Å². The molecule has 0 aromatic heterocycles. The number of hydrogen-bond acceptors (Lipinski definition) is 4. The van der Waals surface area contributed by atoms with Gasteiger partial charge in [0.15, 0.2) is 0 Å². The Morgan fingerprint density at radius 3 is 2.53 bits per heavy atom. The second-order valence-electron chi connectivity index (χ2n) is 7.44. The molecule has 0 saturated carbocycles. The molecule has 0 spiro atoms. The van der Waals surface area contributed by atoms with E-state index in [9.17, 15) is 19.1 Å². The molecule has 0 aliphatic carbocycles. The van der Waals surface area contributed by atoms with E-state index >= 15 is 0 Å². The minimum atomic E-state index is -0.568. The summed E-state index contributed by atoms with van der Waals surface area (Å²) >= 11 is 11.8. The molecule has 172 valence electrons. The number of ether oxygens (including phenoxy) is 1. The minimum absolute atomic E-state index is 0.170. The molecule has 1 fully saturated rings. The highest BCUT2D eigenvalue weighted by atomic mass is 35.5. The minimum Gasteiger partial charge on any atom is -0.394 e. The summed E-state index contributed by atoms with van der Waals surface area (Å²) in [6.07, 6.45) is 1.07. The zero-order valence-corrected chi connectivity index (χ0v) is 18.6. The van der Waals surface area contributed by atoms with Gasteiger partial charge in [0, 0.05) is 17.8 Å². The van der Waals surface area contributed by atoms with Gasteiger partial charge in [0.05, 0.1) is 28.8 Å². The van der Waals surface area contributed by atoms with Gasteiger partial charge in [0.25, 0.3) is 5.91 Å². The van der Waals surface area contributed by atoms with Crippen molar-refractivity contribution in [3.8, 4) is 0 Å². The standard InChI is InChI=1S/C22H24Cl2FN3O4/c23-17-7-5-15(11-18(17)24)27-22(31)28-19-8-6-16(32-20(19)12-29)9-10-26-21(30)13-1-3-14(25)4-2-13/h1-5,7,11,16,19-20,29H,6,8-10,12H2,(H,26,30)(H2,27,28,31)/t16-,19+,20-/m0/s1. The second kappa shape index (κ2) is 11.5. The van der Waals surface area contributed by atoms with Gasteiger partial charge in [-0.2, -0.15) is 0 Å². The van der Waals surface area contributed by atoms with Crippen molar-refractivity contribution in [2.45, 2.75) is 37.5 Å². The number of aliphatic hydroxyl groups is 1. The Morgan fingerprint density at radius 2 is 1.84 bits per heavy atom. The van der Waals surface area contributed by atoms with E-state index in [0.29, 0.717) is 47.1 Å². The highest BCUT2D eigenvalue weighted by molar-refractivity contribution is 6.42. The zero-order valence-electron chi connectivity index (χ0n) is 17.1. The average Bonchev–Trinajstić information content (AvgIpc) is 2.77. The quantitative estimate of drug-likeness (QED) is 0.478. The molecular formula is C22H24Cl2FN3O4. The maximum Gasteiger partial charge on any atom is 0.319 e. The molecule has 1 saturated heterocycles. The van der Waals surface area contributed by atoms with Gasteiger partial charge in [-0.3, -0.25) is 4.79 Å². The Hall–Kier alpha value is -2.39. The van der Waals surface area contributed by atoms with Gasteiger partial charge in [0.2, 0.25) is 0 Å². The van der Waals surface area contributed by atoms with Gasteiger partial charge in [-0.05, 0) is 61.7 Å². The smallest absolute Gasteiger partial charge is 0.319 e. The first-order valence-electron chi connectivity index (χ1n) is 10.2. The third-order valence-corrected chi connectivity index (χ3v) is 5.89. The molecule has 1 aliphatic rings. The van der Waals surface area contributed by atoms with Gasteiger partial charge in [0.1, 0.15) is 11.9 Å². The lowest BCUT2D eigenvalue weighted by Gasteiger charge is -2.36. The monoisotopic (exact) mass is 483 g/mol. The second-order valence-corrected chi connectivity index (χ2v) is 8.26. The number of carbonyl (C=O) groups is 2. The summed E-state index contributed by atoms with van der Waals surface area (Å²) in [6, 6.07) is 9.25. The van der Waals surface area contributed by atoms with Crippen LogP contribution in [0.2, 0.25) is 10.0 Å². The molecule has 2 aromatic carbocycles. The normalized spacial score (nSPS) is 20.4. The molecule has 0 unspecified atom stereocenters. The molecule has 3 rings (SSSR count). The molecular weight excluding hydrogens is 460 g/mol. The van der Waals surface area contributed by atoms with Crippen LogP contribution in [0.3, 0.4) is 0 Å². The van der Waals surface area contributed by atoms with Crippen molar-refractivity contribution in [1.82, 2.24) is 10.6 Å². The van der Waals surface area contributed by atoms with Gasteiger partial charge >= 0.3 is 6.03 Å². The van der Waals surface area contributed by atoms with Crippen molar-refractivity contribution >= 4 is 40.8 Å². The summed E-state index contributed by atoms with van der Waals surface area (Å²) < 4.78 is 18.9. The van der Waals surface area contributed by atoms with E-state index < -0.39 is 18.0 Å². The number of hydrogen-bond donors (Lipinski definition) is 4. The Bertz CT molecular complexity index is 945. The van der Waals surface area contributed by atoms with Crippen LogP contribution in [0.1, 0.15) is 29.6 Å². The molecule has 1 heterocycles. The molecule has 7 nitrogen and oxygen atoms in total. The number of halogens is 3. The summed E-state index contributed by atoms with van der Waals surface area (Å²) in [5.74, 6) is -0.695. The molecule has 3 amide bonds.